The average Bonchev–Trinajstić information content (AvgIpc) is 2.67. The largest absolute Gasteiger partial charge is 0.347 e. The van der Waals surface area contributed by atoms with E-state index in [9.17, 15) is 14.9 Å². The molecule has 1 amide bonds. The number of hydrogen-bond acceptors (Lipinski definition) is 4. The van der Waals surface area contributed by atoms with Crippen LogP contribution in [0.1, 0.15) is 48.8 Å². The molecule has 0 unspecified atom stereocenters. The zero-order valence-electron chi connectivity index (χ0n) is 12.0. The highest BCUT2D eigenvalue weighted by molar-refractivity contribution is 5.97. The number of amides is 1. The Morgan fingerprint density at radius 3 is 2.70 bits per heavy atom. The van der Waals surface area contributed by atoms with Crippen LogP contribution >= 0.6 is 0 Å². The number of aromatic nitrogens is 2. The van der Waals surface area contributed by atoms with E-state index in [1.54, 1.807) is 7.05 Å². The van der Waals surface area contributed by atoms with E-state index in [1.807, 2.05) is 0 Å². The van der Waals surface area contributed by atoms with Gasteiger partial charge in [0.05, 0.1) is 4.92 Å². The fourth-order valence-electron chi connectivity index (χ4n) is 2.89. The number of carbonyl (C=O) groups excluding carboxylic acids is 1. The predicted octanol–water partition coefficient (Wildman–Crippen LogP) is 1.95. The lowest BCUT2D eigenvalue weighted by Crippen LogP contribution is -2.41. The van der Waals surface area contributed by atoms with Gasteiger partial charge in [0, 0.05) is 13.1 Å². The summed E-state index contributed by atoms with van der Waals surface area (Å²) in [6.45, 7) is 3.64. The first kappa shape index (κ1) is 14.5. The molecule has 1 heterocycles. The summed E-state index contributed by atoms with van der Waals surface area (Å²) in [7, 11) is 1.55. The second-order valence-electron chi connectivity index (χ2n) is 5.51. The third kappa shape index (κ3) is 2.66. The molecule has 110 valence electrons. The summed E-state index contributed by atoms with van der Waals surface area (Å²) in [6, 6.07) is 0.0889. The van der Waals surface area contributed by atoms with E-state index in [4.69, 9.17) is 0 Å². The lowest BCUT2D eigenvalue weighted by Gasteiger charge is -2.29. The summed E-state index contributed by atoms with van der Waals surface area (Å²) in [5, 5.41) is 18.0. The highest BCUT2D eigenvalue weighted by Gasteiger charge is 2.31. The molecule has 1 saturated carbocycles. The molecule has 0 bridgehead atoms. The zero-order chi connectivity index (χ0) is 14.9. The predicted molar refractivity (Wildman–Crippen MR) is 73.5 cm³/mol. The number of rotatable bonds is 3. The van der Waals surface area contributed by atoms with Crippen LogP contribution < -0.4 is 5.32 Å². The number of carbonyl (C=O) groups is 1. The van der Waals surface area contributed by atoms with Gasteiger partial charge >= 0.3 is 5.69 Å². The third-order valence-electron chi connectivity index (χ3n) is 4.02. The van der Waals surface area contributed by atoms with Crippen LogP contribution in [-0.2, 0) is 7.05 Å². The molecule has 7 nitrogen and oxygen atoms in total. The van der Waals surface area contributed by atoms with Gasteiger partial charge in [-0.3, -0.25) is 19.6 Å². The molecule has 20 heavy (non-hydrogen) atoms. The minimum Gasteiger partial charge on any atom is -0.347 e. The Kier molecular flexibility index (Phi) is 4.06. The maximum Gasteiger partial charge on any atom is 0.322 e. The first-order chi connectivity index (χ1) is 9.41. The van der Waals surface area contributed by atoms with Crippen molar-refractivity contribution in [2.24, 2.45) is 13.0 Å². The lowest BCUT2D eigenvalue weighted by molar-refractivity contribution is -0.385. The molecular weight excluding hydrogens is 260 g/mol. The molecule has 1 N–H and O–H groups in total. The number of hydrogen-bond donors (Lipinski definition) is 1. The Morgan fingerprint density at radius 1 is 1.45 bits per heavy atom. The van der Waals surface area contributed by atoms with Crippen LogP contribution in [0.15, 0.2) is 0 Å². The quantitative estimate of drug-likeness (QED) is 0.676. The topological polar surface area (TPSA) is 90.1 Å². The van der Waals surface area contributed by atoms with Gasteiger partial charge in [-0.05, 0) is 25.7 Å². The van der Waals surface area contributed by atoms with Gasteiger partial charge < -0.3 is 5.32 Å². The van der Waals surface area contributed by atoms with Gasteiger partial charge in [0.25, 0.3) is 5.91 Å². The van der Waals surface area contributed by atoms with Crippen molar-refractivity contribution < 1.29 is 9.72 Å². The minimum atomic E-state index is -0.540. The van der Waals surface area contributed by atoms with Crippen molar-refractivity contribution in [3.8, 4) is 0 Å². The summed E-state index contributed by atoms with van der Waals surface area (Å²) in [5.74, 6) is -0.000342. The highest BCUT2D eigenvalue weighted by Crippen LogP contribution is 2.26. The first-order valence-corrected chi connectivity index (χ1v) is 6.90. The van der Waals surface area contributed by atoms with Gasteiger partial charge in [-0.1, -0.05) is 19.8 Å². The molecule has 0 saturated heterocycles. The van der Waals surface area contributed by atoms with Gasteiger partial charge in [-0.25, -0.2) is 0 Å². The Balaban J connectivity index is 2.23. The van der Waals surface area contributed by atoms with E-state index in [-0.39, 0.29) is 23.1 Å². The van der Waals surface area contributed by atoms with Crippen molar-refractivity contribution in [1.29, 1.82) is 0 Å². The molecule has 7 heteroatoms. The van der Waals surface area contributed by atoms with Crippen LogP contribution in [0, 0.1) is 23.0 Å². The molecular formula is C13H20N4O3. The van der Waals surface area contributed by atoms with Crippen molar-refractivity contribution in [2.75, 3.05) is 0 Å². The maximum absolute atomic E-state index is 12.3. The van der Waals surface area contributed by atoms with E-state index >= 15 is 0 Å². The number of nitrogens with zero attached hydrogens (tertiary/aromatic N) is 3. The van der Waals surface area contributed by atoms with E-state index in [2.05, 4.69) is 17.3 Å². The monoisotopic (exact) mass is 280 g/mol. The standard InChI is InChI=1S/C13H20N4O3/c1-8-6-4-5-7-10(8)14-13(18)12-11(17(19)20)9(2)15-16(12)3/h8,10H,4-7H2,1-3H3,(H,14,18)/t8-,10+/m1/s1. The molecule has 0 aliphatic heterocycles. The molecule has 1 aliphatic rings. The molecule has 0 spiro atoms. The van der Waals surface area contributed by atoms with E-state index in [1.165, 1.54) is 18.0 Å². The van der Waals surface area contributed by atoms with Crippen molar-refractivity contribution in [3.63, 3.8) is 0 Å². The second-order valence-corrected chi connectivity index (χ2v) is 5.51. The summed E-state index contributed by atoms with van der Waals surface area (Å²) < 4.78 is 1.29. The van der Waals surface area contributed by atoms with Crippen molar-refractivity contribution in [1.82, 2.24) is 15.1 Å². The summed E-state index contributed by atoms with van der Waals surface area (Å²) in [4.78, 5) is 22.9. The second kappa shape index (κ2) is 5.60. The van der Waals surface area contributed by atoms with Crippen molar-refractivity contribution in [3.05, 3.63) is 21.5 Å². The van der Waals surface area contributed by atoms with Crippen LogP contribution in [-0.4, -0.2) is 26.7 Å². The van der Waals surface area contributed by atoms with Crippen LogP contribution in [0.2, 0.25) is 0 Å². The van der Waals surface area contributed by atoms with Gasteiger partial charge in [-0.15, -0.1) is 0 Å². The Labute approximate surface area is 117 Å². The molecule has 0 radical (unpaired) electrons. The van der Waals surface area contributed by atoms with Gasteiger partial charge in [0.1, 0.15) is 5.69 Å². The molecule has 1 fully saturated rings. The van der Waals surface area contributed by atoms with Gasteiger partial charge in [0.2, 0.25) is 5.69 Å². The van der Waals surface area contributed by atoms with E-state index in [0.29, 0.717) is 5.92 Å². The Morgan fingerprint density at radius 2 is 2.10 bits per heavy atom. The average molecular weight is 280 g/mol. The molecule has 2 rings (SSSR count). The highest BCUT2D eigenvalue weighted by atomic mass is 16.6. The first-order valence-electron chi connectivity index (χ1n) is 6.90. The van der Waals surface area contributed by atoms with E-state index in [0.717, 1.165) is 19.3 Å². The van der Waals surface area contributed by atoms with Gasteiger partial charge in [0.15, 0.2) is 0 Å². The molecule has 1 aliphatic carbocycles. The van der Waals surface area contributed by atoms with Crippen LogP contribution in [0.4, 0.5) is 5.69 Å². The van der Waals surface area contributed by atoms with Crippen LogP contribution in [0.3, 0.4) is 0 Å². The van der Waals surface area contributed by atoms with Crippen molar-refractivity contribution in [2.45, 2.75) is 45.6 Å². The maximum atomic E-state index is 12.3. The molecule has 1 aromatic rings. The van der Waals surface area contributed by atoms with Crippen LogP contribution in [0.25, 0.3) is 0 Å². The number of nitro groups is 1. The lowest BCUT2D eigenvalue weighted by atomic mass is 9.86. The third-order valence-corrected chi connectivity index (χ3v) is 4.02. The fourth-order valence-corrected chi connectivity index (χ4v) is 2.89. The summed E-state index contributed by atoms with van der Waals surface area (Å²) in [5.41, 5.74) is 0.0954. The normalized spacial score (nSPS) is 22.6. The smallest absolute Gasteiger partial charge is 0.322 e. The summed E-state index contributed by atoms with van der Waals surface area (Å²) in [6.07, 6.45) is 4.27. The molecule has 1 aromatic heterocycles. The Bertz CT molecular complexity index is 538. The fraction of sp³-hybridized carbons (Fsp3) is 0.692. The molecule has 2 atom stereocenters. The number of aryl methyl sites for hydroxylation is 2. The van der Waals surface area contributed by atoms with Gasteiger partial charge in [-0.2, -0.15) is 5.10 Å². The SMILES string of the molecule is Cc1nn(C)c(C(=O)N[C@H]2CCCC[C@H]2C)c1[N+](=O)[O-]. The zero-order valence-corrected chi connectivity index (χ0v) is 12.0. The summed E-state index contributed by atoms with van der Waals surface area (Å²) >= 11 is 0. The molecule has 0 aromatic carbocycles. The Hall–Kier alpha value is -1.92. The number of nitrogens with one attached hydrogen (secondary N) is 1. The van der Waals surface area contributed by atoms with Crippen molar-refractivity contribution >= 4 is 11.6 Å². The minimum absolute atomic E-state index is 0.0327. The van der Waals surface area contributed by atoms with Crippen LogP contribution in [0.5, 0.6) is 0 Å². The van der Waals surface area contributed by atoms with E-state index < -0.39 is 10.8 Å².